The van der Waals surface area contributed by atoms with Crippen LogP contribution in [0.25, 0.3) is 0 Å². The first-order valence-corrected chi connectivity index (χ1v) is 7.75. The summed E-state index contributed by atoms with van der Waals surface area (Å²) in [6.07, 6.45) is 4.04. The maximum absolute atomic E-state index is 12.4. The number of hydrogen-bond acceptors (Lipinski definition) is 4. The third-order valence-corrected chi connectivity index (χ3v) is 4.24. The lowest BCUT2D eigenvalue weighted by atomic mass is 10.2. The highest BCUT2D eigenvalue weighted by Gasteiger charge is 2.28. The van der Waals surface area contributed by atoms with E-state index in [1.807, 2.05) is 0 Å². The van der Waals surface area contributed by atoms with Gasteiger partial charge < -0.3 is 18.8 Å². The van der Waals surface area contributed by atoms with Crippen molar-refractivity contribution in [3.63, 3.8) is 0 Å². The van der Waals surface area contributed by atoms with Gasteiger partial charge in [0.05, 0.1) is 31.1 Å². The summed E-state index contributed by atoms with van der Waals surface area (Å²) in [6.45, 7) is 3.11. The summed E-state index contributed by atoms with van der Waals surface area (Å²) in [5.41, 5.74) is 0.560. The molecule has 1 aliphatic heterocycles. The number of ether oxygens (including phenoxy) is 2. The van der Waals surface area contributed by atoms with Crippen LogP contribution in [-0.2, 0) is 9.47 Å². The molecule has 5 nitrogen and oxygen atoms in total. The van der Waals surface area contributed by atoms with Crippen LogP contribution in [0, 0.1) is 5.92 Å². The van der Waals surface area contributed by atoms with Crippen molar-refractivity contribution < 1.29 is 18.7 Å². The fraction of sp³-hybridized carbons (Fsp3) is 0.643. The van der Waals surface area contributed by atoms with Gasteiger partial charge in [0.2, 0.25) is 0 Å². The molecule has 3 rings (SSSR count). The minimum absolute atomic E-state index is 0.0267. The summed E-state index contributed by atoms with van der Waals surface area (Å²) >= 11 is 3.24. The molecule has 2 fully saturated rings. The van der Waals surface area contributed by atoms with Crippen LogP contribution < -0.4 is 0 Å². The number of rotatable bonds is 5. The molecule has 1 saturated carbocycles. The second kappa shape index (κ2) is 6.28. The van der Waals surface area contributed by atoms with E-state index in [9.17, 15) is 4.79 Å². The minimum atomic E-state index is -0.0304. The highest BCUT2D eigenvalue weighted by Crippen LogP contribution is 2.29. The largest absolute Gasteiger partial charge is 0.457 e. The SMILES string of the molecule is O=C(c1ccoc1Br)N1CCO[C@@H](COCC2CC2)C1. The van der Waals surface area contributed by atoms with Crippen molar-refractivity contribution in [3.8, 4) is 0 Å². The van der Waals surface area contributed by atoms with Crippen LogP contribution in [-0.4, -0.2) is 49.8 Å². The van der Waals surface area contributed by atoms with Gasteiger partial charge in [-0.05, 0) is 40.8 Å². The lowest BCUT2D eigenvalue weighted by Crippen LogP contribution is -2.47. The fourth-order valence-electron chi connectivity index (χ4n) is 2.27. The van der Waals surface area contributed by atoms with Crippen molar-refractivity contribution in [1.82, 2.24) is 4.90 Å². The predicted molar refractivity (Wildman–Crippen MR) is 75.6 cm³/mol. The number of furan rings is 1. The molecule has 1 aromatic rings. The number of nitrogens with zero attached hydrogens (tertiary/aromatic N) is 1. The summed E-state index contributed by atoms with van der Waals surface area (Å²) in [5, 5.41) is 0. The van der Waals surface area contributed by atoms with Gasteiger partial charge in [0.1, 0.15) is 0 Å². The van der Waals surface area contributed by atoms with Crippen molar-refractivity contribution in [2.75, 3.05) is 32.9 Å². The first-order valence-electron chi connectivity index (χ1n) is 6.95. The molecule has 0 spiro atoms. The van der Waals surface area contributed by atoms with Crippen molar-refractivity contribution in [2.45, 2.75) is 18.9 Å². The Balaban J connectivity index is 1.51. The molecule has 0 bridgehead atoms. The summed E-state index contributed by atoms with van der Waals surface area (Å²) in [6, 6.07) is 1.68. The predicted octanol–water partition coefficient (Wildman–Crippen LogP) is 2.31. The third kappa shape index (κ3) is 3.42. The molecule has 2 heterocycles. The van der Waals surface area contributed by atoms with Crippen molar-refractivity contribution in [1.29, 1.82) is 0 Å². The average Bonchev–Trinajstić information content (AvgIpc) is 3.18. The molecular formula is C14H18BrNO4. The van der Waals surface area contributed by atoms with Gasteiger partial charge in [-0.25, -0.2) is 0 Å². The zero-order valence-corrected chi connectivity index (χ0v) is 12.8. The van der Waals surface area contributed by atoms with E-state index >= 15 is 0 Å². The zero-order chi connectivity index (χ0) is 13.9. The Bertz CT molecular complexity index is 471. The van der Waals surface area contributed by atoms with E-state index in [1.54, 1.807) is 11.0 Å². The molecule has 1 saturated heterocycles. The molecule has 0 unspecified atom stereocenters. The molecule has 2 aliphatic rings. The van der Waals surface area contributed by atoms with E-state index in [-0.39, 0.29) is 12.0 Å². The molecule has 0 N–H and O–H groups in total. The van der Waals surface area contributed by atoms with Crippen LogP contribution in [0.15, 0.2) is 21.4 Å². The maximum atomic E-state index is 12.4. The number of morpholine rings is 1. The van der Waals surface area contributed by atoms with Crippen LogP contribution in [0.3, 0.4) is 0 Å². The topological polar surface area (TPSA) is 51.9 Å². The van der Waals surface area contributed by atoms with E-state index < -0.39 is 0 Å². The molecule has 6 heteroatoms. The highest BCUT2D eigenvalue weighted by atomic mass is 79.9. The minimum Gasteiger partial charge on any atom is -0.457 e. The van der Waals surface area contributed by atoms with Gasteiger partial charge in [-0.2, -0.15) is 0 Å². The summed E-state index contributed by atoms with van der Waals surface area (Å²) < 4.78 is 16.9. The number of hydrogen-bond donors (Lipinski definition) is 0. The molecule has 110 valence electrons. The maximum Gasteiger partial charge on any atom is 0.258 e. The normalized spacial score (nSPS) is 23.1. The lowest BCUT2D eigenvalue weighted by Gasteiger charge is -2.32. The highest BCUT2D eigenvalue weighted by molar-refractivity contribution is 9.10. The molecule has 0 radical (unpaired) electrons. The van der Waals surface area contributed by atoms with Crippen LogP contribution in [0.4, 0.5) is 0 Å². The quantitative estimate of drug-likeness (QED) is 0.823. The van der Waals surface area contributed by atoms with E-state index in [0.29, 0.717) is 36.5 Å². The van der Waals surface area contributed by atoms with Gasteiger partial charge in [0.15, 0.2) is 4.67 Å². The van der Waals surface area contributed by atoms with Gasteiger partial charge in [-0.3, -0.25) is 4.79 Å². The summed E-state index contributed by atoms with van der Waals surface area (Å²) in [4.78, 5) is 14.2. The van der Waals surface area contributed by atoms with Gasteiger partial charge in [0.25, 0.3) is 5.91 Å². The smallest absolute Gasteiger partial charge is 0.258 e. The molecule has 20 heavy (non-hydrogen) atoms. The third-order valence-electron chi connectivity index (χ3n) is 3.63. The Labute approximate surface area is 126 Å². The van der Waals surface area contributed by atoms with Gasteiger partial charge in [0, 0.05) is 19.7 Å². The number of amides is 1. The molecule has 1 aromatic heterocycles. The van der Waals surface area contributed by atoms with Crippen LogP contribution in [0.1, 0.15) is 23.2 Å². The summed E-state index contributed by atoms with van der Waals surface area (Å²) in [7, 11) is 0. The van der Waals surface area contributed by atoms with Gasteiger partial charge in [-0.15, -0.1) is 0 Å². The van der Waals surface area contributed by atoms with E-state index in [4.69, 9.17) is 13.9 Å². The van der Waals surface area contributed by atoms with Crippen molar-refractivity contribution >= 4 is 21.8 Å². The van der Waals surface area contributed by atoms with Crippen LogP contribution in [0.2, 0.25) is 0 Å². The van der Waals surface area contributed by atoms with E-state index in [1.165, 1.54) is 19.1 Å². The number of carbonyl (C=O) groups is 1. The standard InChI is InChI=1S/C14H18BrNO4/c15-13-12(3-5-20-13)14(17)16-4-6-19-11(7-16)9-18-8-10-1-2-10/h3,5,10-11H,1-2,4,6-9H2/t11-/m1/s1. The second-order valence-electron chi connectivity index (χ2n) is 5.33. The Hall–Kier alpha value is -0.850. The Kier molecular flexibility index (Phi) is 4.43. The molecule has 0 aromatic carbocycles. The van der Waals surface area contributed by atoms with Gasteiger partial charge >= 0.3 is 0 Å². The van der Waals surface area contributed by atoms with Crippen molar-refractivity contribution in [2.24, 2.45) is 5.92 Å². The van der Waals surface area contributed by atoms with Gasteiger partial charge in [-0.1, -0.05) is 0 Å². The Morgan fingerprint density at radius 1 is 1.45 bits per heavy atom. The Morgan fingerprint density at radius 2 is 2.30 bits per heavy atom. The lowest BCUT2D eigenvalue weighted by molar-refractivity contribution is -0.0629. The molecule has 1 atom stereocenters. The first-order chi connectivity index (χ1) is 9.74. The molecule has 1 aliphatic carbocycles. The van der Waals surface area contributed by atoms with Crippen LogP contribution >= 0.6 is 15.9 Å². The fourth-order valence-corrected chi connectivity index (χ4v) is 2.68. The van der Waals surface area contributed by atoms with E-state index in [2.05, 4.69) is 15.9 Å². The first kappa shape index (κ1) is 14.1. The molecule has 1 amide bonds. The Morgan fingerprint density at radius 3 is 3.00 bits per heavy atom. The summed E-state index contributed by atoms with van der Waals surface area (Å²) in [5.74, 6) is 0.722. The van der Waals surface area contributed by atoms with E-state index in [0.717, 1.165) is 12.5 Å². The van der Waals surface area contributed by atoms with Crippen molar-refractivity contribution in [3.05, 3.63) is 22.6 Å². The second-order valence-corrected chi connectivity index (χ2v) is 6.05. The number of carbonyl (C=O) groups excluding carboxylic acids is 1. The molecular weight excluding hydrogens is 326 g/mol. The monoisotopic (exact) mass is 343 g/mol. The average molecular weight is 344 g/mol. The zero-order valence-electron chi connectivity index (χ0n) is 11.2. The van der Waals surface area contributed by atoms with Crippen LogP contribution in [0.5, 0.6) is 0 Å². The number of halogens is 1.